The summed E-state index contributed by atoms with van der Waals surface area (Å²) >= 11 is 0. The van der Waals surface area contributed by atoms with Crippen LogP contribution in [0.5, 0.6) is 0 Å². The van der Waals surface area contributed by atoms with E-state index in [4.69, 9.17) is 0 Å². The van der Waals surface area contributed by atoms with E-state index in [-0.39, 0.29) is 11.5 Å². The van der Waals surface area contributed by atoms with Crippen LogP contribution in [0, 0.1) is 23.2 Å². The molecule has 2 aliphatic rings. The molecule has 0 aliphatic heterocycles. The standard InChI is InChI=1S/C15H28O2/c1-10-5-6-13(16)15(4)8-7-11(9-12(10)15)14(2,3)17/h10-13,16-17H,5-9H2,1-4H3. The maximum Gasteiger partial charge on any atom is 0.0619 e. The van der Waals surface area contributed by atoms with Crippen molar-refractivity contribution in [3.63, 3.8) is 0 Å². The summed E-state index contributed by atoms with van der Waals surface area (Å²) in [7, 11) is 0. The summed E-state index contributed by atoms with van der Waals surface area (Å²) in [6.45, 7) is 8.45. The molecule has 5 unspecified atom stereocenters. The first-order valence-electron chi connectivity index (χ1n) is 7.15. The Balaban J connectivity index is 2.18. The van der Waals surface area contributed by atoms with Crippen LogP contribution in [0.3, 0.4) is 0 Å². The summed E-state index contributed by atoms with van der Waals surface area (Å²) in [4.78, 5) is 0. The topological polar surface area (TPSA) is 40.5 Å². The minimum absolute atomic E-state index is 0.0966. The first-order valence-corrected chi connectivity index (χ1v) is 7.15. The monoisotopic (exact) mass is 240 g/mol. The van der Waals surface area contributed by atoms with E-state index in [0.29, 0.717) is 17.8 Å². The SMILES string of the molecule is CC1CCC(O)C2(C)CCC(C(C)(C)O)CC12. The van der Waals surface area contributed by atoms with Crippen LogP contribution in [0.2, 0.25) is 0 Å². The van der Waals surface area contributed by atoms with Gasteiger partial charge in [-0.15, -0.1) is 0 Å². The van der Waals surface area contributed by atoms with Crippen molar-refractivity contribution in [3.8, 4) is 0 Å². The second kappa shape index (κ2) is 4.24. The predicted octanol–water partition coefficient (Wildman–Crippen LogP) is 2.97. The number of aliphatic hydroxyl groups excluding tert-OH is 1. The summed E-state index contributed by atoms with van der Waals surface area (Å²) in [5, 5.41) is 20.5. The van der Waals surface area contributed by atoms with Crippen LogP contribution in [0.15, 0.2) is 0 Å². The second-order valence-electron chi connectivity index (χ2n) is 7.31. The molecule has 17 heavy (non-hydrogen) atoms. The molecule has 2 nitrogen and oxygen atoms in total. The third-order valence-electron chi connectivity index (χ3n) is 5.76. The lowest BCUT2D eigenvalue weighted by Crippen LogP contribution is -2.51. The average molecular weight is 240 g/mol. The van der Waals surface area contributed by atoms with Crippen LogP contribution in [-0.4, -0.2) is 21.9 Å². The Morgan fingerprint density at radius 2 is 1.82 bits per heavy atom. The van der Waals surface area contributed by atoms with Gasteiger partial charge in [0.15, 0.2) is 0 Å². The van der Waals surface area contributed by atoms with Crippen LogP contribution < -0.4 is 0 Å². The van der Waals surface area contributed by atoms with Crippen molar-refractivity contribution >= 4 is 0 Å². The Morgan fingerprint density at radius 3 is 2.41 bits per heavy atom. The van der Waals surface area contributed by atoms with Crippen LogP contribution in [0.25, 0.3) is 0 Å². The van der Waals surface area contributed by atoms with E-state index in [1.54, 1.807) is 0 Å². The lowest BCUT2D eigenvalue weighted by atomic mass is 9.52. The summed E-state index contributed by atoms with van der Waals surface area (Å²) in [5.74, 6) is 1.67. The molecule has 5 atom stereocenters. The van der Waals surface area contributed by atoms with Crippen molar-refractivity contribution < 1.29 is 10.2 Å². The molecule has 2 aliphatic carbocycles. The maximum atomic E-state index is 10.3. The lowest BCUT2D eigenvalue weighted by Gasteiger charge is -2.54. The molecule has 0 heterocycles. The summed E-state index contributed by atoms with van der Waals surface area (Å²) in [5.41, 5.74) is -0.469. The average Bonchev–Trinajstić information content (AvgIpc) is 2.22. The molecule has 100 valence electrons. The van der Waals surface area contributed by atoms with Gasteiger partial charge in [-0.2, -0.15) is 0 Å². The van der Waals surface area contributed by atoms with Gasteiger partial charge < -0.3 is 10.2 Å². The number of rotatable bonds is 1. The minimum Gasteiger partial charge on any atom is -0.393 e. The van der Waals surface area contributed by atoms with Crippen molar-refractivity contribution in [2.75, 3.05) is 0 Å². The normalized spacial score (nSPS) is 47.6. The largest absolute Gasteiger partial charge is 0.393 e. The van der Waals surface area contributed by atoms with Crippen LogP contribution in [-0.2, 0) is 0 Å². The van der Waals surface area contributed by atoms with Gasteiger partial charge in [0.2, 0.25) is 0 Å². The molecule has 0 aromatic heterocycles. The molecular formula is C15H28O2. The lowest BCUT2D eigenvalue weighted by molar-refractivity contribution is -0.124. The molecular weight excluding hydrogens is 212 g/mol. The molecule has 0 saturated heterocycles. The molecule has 0 radical (unpaired) electrons. The van der Waals surface area contributed by atoms with E-state index in [0.717, 1.165) is 32.1 Å². The maximum absolute atomic E-state index is 10.3. The van der Waals surface area contributed by atoms with E-state index in [2.05, 4.69) is 13.8 Å². The van der Waals surface area contributed by atoms with Crippen molar-refractivity contribution in [2.24, 2.45) is 23.2 Å². The number of aliphatic hydroxyl groups is 2. The molecule has 2 N–H and O–H groups in total. The van der Waals surface area contributed by atoms with Crippen molar-refractivity contribution in [3.05, 3.63) is 0 Å². The number of hydrogen-bond acceptors (Lipinski definition) is 2. The van der Waals surface area contributed by atoms with E-state index in [1.165, 1.54) is 0 Å². The Labute approximate surface area is 105 Å². The molecule has 2 fully saturated rings. The highest BCUT2D eigenvalue weighted by Gasteiger charge is 2.51. The van der Waals surface area contributed by atoms with Crippen LogP contribution >= 0.6 is 0 Å². The van der Waals surface area contributed by atoms with Crippen molar-refractivity contribution in [1.29, 1.82) is 0 Å². The number of hydrogen-bond donors (Lipinski definition) is 2. The zero-order chi connectivity index (χ0) is 12.8. The van der Waals surface area contributed by atoms with E-state index >= 15 is 0 Å². The Hall–Kier alpha value is -0.0800. The van der Waals surface area contributed by atoms with Crippen LogP contribution in [0.4, 0.5) is 0 Å². The smallest absolute Gasteiger partial charge is 0.0619 e. The summed E-state index contributed by atoms with van der Waals surface area (Å²) < 4.78 is 0. The Morgan fingerprint density at radius 1 is 1.18 bits per heavy atom. The second-order valence-corrected chi connectivity index (χ2v) is 7.31. The van der Waals surface area contributed by atoms with E-state index in [1.807, 2.05) is 13.8 Å². The fourth-order valence-corrected chi connectivity index (χ4v) is 4.25. The molecule has 2 rings (SSSR count). The van der Waals surface area contributed by atoms with E-state index in [9.17, 15) is 10.2 Å². The molecule has 2 heteroatoms. The Kier molecular flexibility index (Phi) is 3.33. The fourth-order valence-electron chi connectivity index (χ4n) is 4.25. The van der Waals surface area contributed by atoms with Gasteiger partial charge in [-0.05, 0) is 69.1 Å². The van der Waals surface area contributed by atoms with Crippen LogP contribution in [0.1, 0.15) is 59.8 Å². The highest BCUT2D eigenvalue weighted by molar-refractivity contribution is 5.01. The molecule has 2 saturated carbocycles. The zero-order valence-corrected chi connectivity index (χ0v) is 11.7. The fraction of sp³-hybridized carbons (Fsp3) is 1.00. The minimum atomic E-state index is -0.566. The molecule has 0 aromatic carbocycles. The third kappa shape index (κ3) is 2.26. The van der Waals surface area contributed by atoms with Crippen molar-refractivity contribution in [1.82, 2.24) is 0 Å². The van der Waals surface area contributed by atoms with Gasteiger partial charge in [-0.3, -0.25) is 0 Å². The number of fused-ring (bicyclic) bond motifs is 1. The third-order valence-corrected chi connectivity index (χ3v) is 5.76. The highest BCUT2D eigenvalue weighted by Crippen LogP contribution is 2.55. The molecule has 0 bridgehead atoms. The molecule has 0 amide bonds. The quantitative estimate of drug-likeness (QED) is 0.740. The highest BCUT2D eigenvalue weighted by atomic mass is 16.3. The first-order chi connectivity index (χ1) is 7.75. The van der Waals surface area contributed by atoms with E-state index < -0.39 is 5.60 Å². The Bertz CT molecular complexity index is 281. The first kappa shape index (κ1) is 13.4. The van der Waals surface area contributed by atoms with Gasteiger partial charge in [0, 0.05) is 0 Å². The van der Waals surface area contributed by atoms with Gasteiger partial charge in [-0.25, -0.2) is 0 Å². The van der Waals surface area contributed by atoms with Crippen molar-refractivity contribution in [2.45, 2.75) is 71.5 Å². The van der Waals surface area contributed by atoms with Gasteiger partial charge >= 0.3 is 0 Å². The molecule has 0 aromatic rings. The van der Waals surface area contributed by atoms with Gasteiger partial charge in [-0.1, -0.05) is 13.8 Å². The summed E-state index contributed by atoms with van der Waals surface area (Å²) in [6, 6.07) is 0. The zero-order valence-electron chi connectivity index (χ0n) is 11.7. The van der Waals surface area contributed by atoms with Gasteiger partial charge in [0.05, 0.1) is 11.7 Å². The molecule has 0 spiro atoms. The predicted molar refractivity (Wildman–Crippen MR) is 69.6 cm³/mol. The van der Waals surface area contributed by atoms with Gasteiger partial charge in [0.1, 0.15) is 0 Å². The van der Waals surface area contributed by atoms with Gasteiger partial charge in [0.25, 0.3) is 0 Å². The summed E-state index contributed by atoms with van der Waals surface area (Å²) in [6.07, 6.45) is 5.17.